The van der Waals surface area contributed by atoms with Crippen molar-refractivity contribution < 1.29 is 0 Å². The molecule has 1 aliphatic rings. The summed E-state index contributed by atoms with van der Waals surface area (Å²) in [5, 5.41) is 8.43. The summed E-state index contributed by atoms with van der Waals surface area (Å²) < 4.78 is 0. The minimum absolute atomic E-state index is 0.695. The molecule has 2 nitrogen and oxygen atoms in total. The average Bonchev–Trinajstić information content (AvgIpc) is 2.42. The SMILES string of the molecule is CC(C)=N/N=C(\C)C1CCCCCC1. The molecule has 0 unspecified atom stereocenters. The maximum atomic E-state index is 4.29. The van der Waals surface area contributed by atoms with Gasteiger partial charge in [-0.25, -0.2) is 0 Å². The van der Waals surface area contributed by atoms with Gasteiger partial charge >= 0.3 is 0 Å². The zero-order valence-corrected chi connectivity index (χ0v) is 9.71. The van der Waals surface area contributed by atoms with Crippen LogP contribution >= 0.6 is 0 Å². The zero-order valence-electron chi connectivity index (χ0n) is 9.71. The van der Waals surface area contributed by atoms with E-state index in [1.54, 1.807) is 0 Å². The van der Waals surface area contributed by atoms with Crippen molar-refractivity contribution in [2.24, 2.45) is 16.1 Å². The van der Waals surface area contributed by atoms with E-state index in [0.717, 1.165) is 5.71 Å². The van der Waals surface area contributed by atoms with Crippen molar-refractivity contribution in [3.05, 3.63) is 0 Å². The van der Waals surface area contributed by atoms with Gasteiger partial charge < -0.3 is 0 Å². The second kappa shape index (κ2) is 5.94. The standard InChI is InChI=1S/C12H22N2/c1-10(2)13-14-11(3)12-8-6-4-5-7-9-12/h12H,4-9H2,1-3H3/b14-11+. The van der Waals surface area contributed by atoms with Gasteiger partial charge in [0.05, 0.1) is 0 Å². The van der Waals surface area contributed by atoms with Crippen molar-refractivity contribution in [3.63, 3.8) is 0 Å². The van der Waals surface area contributed by atoms with E-state index in [-0.39, 0.29) is 0 Å². The molecule has 0 radical (unpaired) electrons. The van der Waals surface area contributed by atoms with Gasteiger partial charge in [-0.2, -0.15) is 10.2 Å². The Kier molecular flexibility index (Phi) is 4.85. The molecule has 2 heteroatoms. The molecule has 0 atom stereocenters. The lowest BCUT2D eigenvalue weighted by atomic mass is 9.96. The Balaban J connectivity index is 2.53. The van der Waals surface area contributed by atoms with Gasteiger partial charge in [-0.3, -0.25) is 0 Å². The van der Waals surface area contributed by atoms with Gasteiger partial charge in [0, 0.05) is 11.4 Å². The van der Waals surface area contributed by atoms with Gasteiger partial charge in [-0.1, -0.05) is 25.7 Å². The summed E-state index contributed by atoms with van der Waals surface area (Å²) in [5.74, 6) is 0.695. The Labute approximate surface area is 87.5 Å². The predicted octanol–water partition coefficient (Wildman–Crippen LogP) is 3.81. The third-order valence-corrected chi connectivity index (χ3v) is 2.85. The molecular formula is C12H22N2. The number of hydrogen-bond donors (Lipinski definition) is 0. The third-order valence-electron chi connectivity index (χ3n) is 2.85. The van der Waals surface area contributed by atoms with E-state index >= 15 is 0 Å². The zero-order chi connectivity index (χ0) is 10.4. The van der Waals surface area contributed by atoms with Gasteiger partial charge in [-0.15, -0.1) is 0 Å². The van der Waals surface area contributed by atoms with Crippen molar-refractivity contribution in [2.75, 3.05) is 0 Å². The number of hydrogen-bond acceptors (Lipinski definition) is 2. The first-order valence-electron chi connectivity index (χ1n) is 5.75. The first-order valence-corrected chi connectivity index (χ1v) is 5.75. The maximum Gasteiger partial charge on any atom is 0.0405 e. The van der Waals surface area contributed by atoms with Crippen LogP contribution in [0.2, 0.25) is 0 Å². The Morgan fingerprint density at radius 3 is 1.93 bits per heavy atom. The summed E-state index contributed by atoms with van der Waals surface area (Å²) >= 11 is 0. The first-order chi connectivity index (χ1) is 6.70. The van der Waals surface area contributed by atoms with Crippen LogP contribution in [-0.2, 0) is 0 Å². The molecule has 0 aromatic carbocycles. The summed E-state index contributed by atoms with van der Waals surface area (Å²) in [5.41, 5.74) is 2.27. The fraction of sp³-hybridized carbons (Fsp3) is 0.833. The van der Waals surface area contributed by atoms with Crippen LogP contribution in [0, 0.1) is 5.92 Å². The number of rotatable bonds is 2. The van der Waals surface area contributed by atoms with Gasteiger partial charge in [0.2, 0.25) is 0 Å². The predicted molar refractivity (Wildman–Crippen MR) is 63.1 cm³/mol. The molecule has 0 aliphatic heterocycles. The van der Waals surface area contributed by atoms with Crippen LogP contribution in [0.4, 0.5) is 0 Å². The third kappa shape index (κ3) is 4.03. The molecule has 14 heavy (non-hydrogen) atoms. The monoisotopic (exact) mass is 194 g/mol. The lowest BCUT2D eigenvalue weighted by Gasteiger charge is -2.11. The van der Waals surface area contributed by atoms with Crippen LogP contribution in [0.25, 0.3) is 0 Å². The van der Waals surface area contributed by atoms with Gasteiger partial charge in [0.15, 0.2) is 0 Å². The number of nitrogens with zero attached hydrogens (tertiary/aromatic N) is 2. The van der Waals surface area contributed by atoms with Crippen molar-refractivity contribution >= 4 is 11.4 Å². The highest BCUT2D eigenvalue weighted by Crippen LogP contribution is 2.23. The smallest absolute Gasteiger partial charge is 0.0405 e. The van der Waals surface area contributed by atoms with E-state index in [9.17, 15) is 0 Å². The van der Waals surface area contributed by atoms with Crippen molar-refractivity contribution in [2.45, 2.75) is 59.3 Å². The molecule has 0 heterocycles. The fourth-order valence-corrected chi connectivity index (χ4v) is 1.96. The highest BCUT2D eigenvalue weighted by molar-refractivity contribution is 5.86. The Morgan fingerprint density at radius 2 is 1.43 bits per heavy atom. The first kappa shape index (κ1) is 11.4. The Morgan fingerprint density at radius 1 is 0.857 bits per heavy atom. The molecule has 0 saturated heterocycles. The van der Waals surface area contributed by atoms with Crippen molar-refractivity contribution in [1.29, 1.82) is 0 Å². The van der Waals surface area contributed by atoms with Gasteiger partial charge in [0.1, 0.15) is 0 Å². The van der Waals surface area contributed by atoms with Crippen molar-refractivity contribution in [1.82, 2.24) is 0 Å². The van der Waals surface area contributed by atoms with Gasteiger partial charge in [0.25, 0.3) is 0 Å². The highest BCUT2D eigenvalue weighted by atomic mass is 15.2. The average molecular weight is 194 g/mol. The lowest BCUT2D eigenvalue weighted by Crippen LogP contribution is -2.09. The molecule has 1 fully saturated rings. The Bertz CT molecular complexity index is 216. The van der Waals surface area contributed by atoms with Crippen molar-refractivity contribution in [3.8, 4) is 0 Å². The topological polar surface area (TPSA) is 24.7 Å². The second-order valence-electron chi connectivity index (χ2n) is 4.48. The molecule has 0 N–H and O–H groups in total. The minimum Gasteiger partial charge on any atom is -0.161 e. The quantitative estimate of drug-likeness (QED) is 0.363. The molecular weight excluding hydrogens is 172 g/mol. The molecule has 1 rings (SSSR count). The van der Waals surface area contributed by atoms with E-state index in [1.165, 1.54) is 44.2 Å². The van der Waals surface area contributed by atoms with Crippen LogP contribution in [-0.4, -0.2) is 11.4 Å². The molecule has 0 amide bonds. The van der Waals surface area contributed by atoms with Crippen LogP contribution < -0.4 is 0 Å². The van der Waals surface area contributed by atoms with Crippen LogP contribution in [0.15, 0.2) is 10.2 Å². The minimum atomic E-state index is 0.695. The summed E-state index contributed by atoms with van der Waals surface area (Å²) in [4.78, 5) is 0. The fourth-order valence-electron chi connectivity index (χ4n) is 1.96. The van der Waals surface area contributed by atoms with E-state index in [4.69, 9.17) is 0 Å². The molecule has 1 aliphatic carbocycles. The molecule has 0 aromatic heterocycles. The molecule has 0 spiro atoms. The summed E-state index contributed by atoms with van der Waals surface area (Å²) in [6.07, 6.45) is 8.17. The molecule has 1 saturated carbocycles. The van der Waals surface area contributed by atoms with Crippen LogP contribution in [0.5, 0.6) is 0 Å². The summed E-state index contributed by atoms with van der Waals surface area (Å²) in [6, 6.07) is 0. The van der Waals surface area contributed by atoms with Crippen LogP contribution in [0.1, 0.15) is 59.3 Å². The van der Waals surface area contributed by atoms with E-state index < -0.39 is 0 Å². The van der Waals surface area contributed by atoms with Gasteiger partial charge in [-0.05, 0) is 39.5 Å². The van der Waals surface area contributed by atoms with E-state index in [1.807, 2.05) is 13.8 Å². The molecule has 80 valence electrons. The van der Waals surface area contributed by atoms with Crippen LogP contribution in [0.3, 0.4) is 0 Å². The second-order valence-corrected chi connectivity index (χ2v) is 4.48. The normalized spacial score (nSPS) is 20.4. The highest BCUT2D eigenvalue weighted by Gasteiger charge is 2.14. The van der Waals surface area contributed by atoms with E-state index in [0.29, 0.717) is 5.92 Å². The largest absolute Gasteiger partial charge is 0.161 e. The molecule has 0 bridgehead atoms. The summed E-state index contributed by atoms with van der Waals surface area (Å²) in [7, 11) is 0. The van der Waals surface area contributed by atoms with E-state index in [2.05, 4.69) is 17.1 Å². The summed E-state index contributed by atoms with van der Waals surface area (Å²) in [6.45, 7) is 6.11. The maximum absolute atomic E-state index is 4.29. The molecule has 0 aromatic rings. The lowest BCUT2D eigenvalue weighted by molar-refractivity contribution is 0.587. The Hall–Kier alpha value is -0.660.